The summed E-state index contributed by atoms with van der Waals surface area (Å²) in [5, 5.41) is 21.7. The number of carbonyl (C=O) groups excluding carboxylic acids is 1. The Morgan fingerprint density at radius 2 is 1.56 bits per heavy atom. The van der Waals surface area contributed by atoms with Gasteiger partial charge in [0.1, 0.15) is 5.60 Å². The maximum Gasteiger partial charge on any atom is 0.417 e. The van der Waals surface area contributed by atoms with Crippen molar-refractivity contribution in [1.29, 1.82) is 5.26 Å². The van der Waals surface area contributed by atoms with Crippen molar-refractivity contribution in [3.05, 3.63) is 29.3 Å². The summed E-state index contributed by atoms with van der Waals surface area (Å²) in [4.78, 5) is 12.4. The molecule has 1 rings (SSSR count). The zero-order chi connectivity index (χ0) is 25.5. The fourth-order valence-corrected chi connectivity index (χ4v) is 4.70. The second-order valence-corrected chi connectivity index (χ2v) is 10.2. The predicted molar refractivity (Wildman–Crippen MR) is 134 cm³/mol. The fraction of sp³-hybridized carbons (Fsp3) is 0.692. The summed E-state index contributed by atoms with van der Waals surface area (Å²) in [7, 11) is 0. The molecule has 34 heavy (non-hydrogen) atoms. The van der Waals surface area contributed by atoms with Crippen molar-refractivity contribution in [3.8, 4) is 6.07 Å². The molecule has 8 heteroatoms. The lowest BCUT2D eigenvalue weighted by Crippen LogP contribution is -2.40. The van der Waals surface area contributed by atoms with Gasteiger partial charge in [0.25, 0.3) is 5.91 Å². The molecule has 0 saturated carbocycles. The summed E-state index contributed by atoms with van der Waals surface area (Å²) in [6, 6.07) is 4.46. The molecular weight excluding hydrogens is 461 g/mol. The van der Waals surface area contributed by atoms with Crippen molar-refractivity contribution in [3.63, 3.8) is 0 Å². The van der Waals surface area contributed by atoms with Gasteiger partial charge in [-0.2, -0.15) is 30.2 Å². The highest BCUT2D eigenvalue weighted by molar-refractivity contribution is 7.99. The van der Waals surface area contributed by atoms with Gasteiger partial charge in [-0.15, -0.1) is 0 Å². The van der Waals surface area contributed by atoms with Crippen molar-refractivity contribution in [2.45, 2.75) is 103 Å². The number of hydrogen-bond donors (Lipinski definition) is 2. The van der Waals surface area contributed by atoms with Crippen LogP contribution in [0.2, 0.25) is 0 Å². The SMILES string of the molecule is CCCCSCCCCCCCCCCCC(C)(O)C(=O)Nc1ccc(C#N)c(C(F)(F)F)c1. The van der Waals surface area contributed by atoms with E-state index in [1.54, 1.807) is 0 Å². The number of hydrogen-bond acceptors (Lipinski definition) is 4. The van der Waals surface area contributed by atoms with Crippen molar-refractivity contribution >= 4 is 23.4 Å². The van der Waals surface area contributed by atoms with E-state index in [4.69, 9.17) is 5.26 Å². The predicted octanol–water partition coefficient (Wildman–Crippen LogP) is 7.70. The van der Waals surface area contributed by atoms with Gasteiger partial charge in [-0.1, -0.05) is 64.7 Å². The van der Waals surface area contributed by atoms with Gasteiger partial charge in [-0.05, 0) is 55.9 Å². The first-order valence-corrected chi connectivity index (χ1v) is 13.5. The lowest BCUT2D eigenvalue weighted by Gasteiger charge is -2.22. The Balaban J connectivity index is 2.24. The first-order chi connectivity index (χ1) is 16.1. The number of nitriles is 1. The van der Waals surface area contributed by atoms with Gasteiger partial charge < -0.3 is 10.4 Å². The number of unbranched alkanes of at least 4 members (excludes halogenated alkanes) is 9. The van der Waals surface area contributed by atoms with E-state index in [1.165, 1.54) is 75.5 Å². The summed E-state index contributed by atoms with van der Waals surface area (Å²) < 4.78 is 39.3. The highest BCUT2D eigenvalue weighted by Gasteiger charge is 2.35. The van der Waals surface area contributed by atoms with Gasteiger partial charge in [0.05, 0.1) is 17.2 Å². The maximum absolute atomic E-state index is 13.1. The van der Waals surface area contributed by atoms with Crippen LogP contribution in [0.4, 0.5) is 18.9 Å². The number of halogens is 3. The van der Waals surface area contributed by atoms with Gasteiger partial charge >= 0.3 is 6.18 Å². The van der Waals surface area contributed by atoms with Crippen LogP contribution in [-0.2, 0) is 11.0 Å². The van der Waals surface area contributed by atoms with Crippen LogP contribution in [0.15, 0.2) is 18.2 Å². The molecule has 0 fully saturated rings. The molecule has 1 atom stereocenters. The first kappa shape index (κ1) is 30.3. The summed E-state index contributed by atoms with van der Waals surface area (Å²) in [6.45, 7) is 3.59. The number of nitrogens with zero attached hydrogens (tertiary/aromatic N) is 1. The van der Waals surface area contributed by atoms with Crippen LogP contribution in [0.5, 0.6) is 0 Å². The number of benzene rings is 1. The molecule has 0 aliphatic rings. The van der Waals surface area contributed by atoms with E-state index in [2.05, 4.69) is 24.0 Å². The largest absolute Gasteiger partial charge is 0.417 e. The molecule has 1 aromatic carbocycles. The Bertz CT molecular complexity index is 776. The van der Waals surface area contributed by atoms with Gasteiger partial charge in [-0.3, -0.25) is 4.79 Å². The topological polar surface area (TPSA) is 73.1 Å². The maximum atomic E-state index is 13.1. The zero-order valence-electron chi connectivity index (χ0n) is 20.5. The number of alkyl halides is 3. The van der Waals surface area contributed by atoms with Crippen LogP contribution in [0.25, 0.3) is 0 Å². The van der Waals surface area contributed by atoms with Crippen LogP contribution in [-0.4, -0.2) is 28.1 Å². The van der Waals surface area contributed by atoms with Crippen molar-refractivity contribution in [2.75, 3.05) is 16.8 Å². The van der Waals surface area contributed by atoms with Crippen molar-refractivity contribution in [1.82, 2.24) is 0 Å². The van der Waals surface area contributed by atoms with Crippen LogP contribution >= 0.6 is 11.8 Å². The number of amides is 1. The zero-order valence-corrected chi connectivity index (χ0v) is 21.3. The second kappa shape index (κ2) is 16.0. The molecule has 0 spiro atoms. The standard InChI is InChI=1S/C26H39F3N2O2S/c1-3-4-17-34-18-13-11-9-7-5-6-8-10-12-16-25(2,33)24(32)31-22-15-14-21(20-30)23(19-22)26(27,28)29/h14-15,19,33H,3-13,16-18H2,1-2H3,(H,31,32). The van der Waals surface area contributed by atoms with Crippen LogP contribution in [0.1, 0.15) is 102 Å². The number of rotatable bonds is 17. The number of anilines is 1. The average molecular weight is 501 g/mol. The van der Waals surface area contributed by atoms with Crippen LogP contribution in [0.3, 0.4) is 0 Å². The van der Waals surface area contributed by atoms with Gasteiger partial charge in [0.2, 0.25) is 0 Å². The van der Waals surface area contributed by atoms with E-state index in [0.29, 0.717) is 6.42 Å². The number of carbonyl (C=O) groups is 1. The molecular formula is C26H39F3N2O2S. The molecule has 0 aliphatic carbocycles. The molecule has 2 N–H and O–H groups in total. The van der Waals surface area contributed by atoms with E-state index in [0.717, 1.165) is 31.4 Å². The fourth-order valence-electron chi connectivity index (χ4n) is 3.59. The van der Waals surface area contributed by atoms with E-state index in [-0.39, 0.29) is 12.1 Å². The minimum atomic E-state index is -4.71. The summed E-state index contributed by atoms with van der Waals surface area (Å²) >= 11 is 2.06. The molecule has 1 unspecified atom stereocenters. The smallest absolute Gasteiger partial charge is 0.380 e. The summed E-state index contributed by atoms with van der Waals surface area (Å²) in [5.41, 5.74) is -3.41. The minimum Gasteiger partial charge on any atom is -0.380 e. The molecule has 192 valence electrons. The third kappa shape index (κ3) is 12.1. The highest BCUT2D eigenvalue weighted by atomic mass is 32.2. The number of nitrogens with one attached hydrogen (secondary N) is 1. The van der Waals surface area contributed by atoms with Crippen LogP contribution < -0.4 is 5.32 Å². The molecule has 1 amide bonds. The molecule has 0 aliphatic heterocycles. The Kier molecular flexibility index (Phi) is 14.3. The second-order valence-electron chi connectivity index (χ2n) is 9.00. The third-order valence-electron chi connectivity index (χ3n) is 5.79. The lowest BCUT2D eigenvalue weighted by atomic mass is 9.96. The Morgan fingerprint density at radius 1 is 1.00 bits per heavy atom. The molecule has 4 nitrogen and oxygen atoms in total. The number of aliphatic hydroxyl groups is 1. The Labute approximate surface area is 206 Å². The van der Waals surface area contributed by atoms with Crippen molar-refractivity contribution < 1.29 is 23.1 Å². The van der Waals surface area contributed by atoms with Gasteiger partial charge in [0.15, 0.2) is 0 Å². The normalized spacial score (nSPS) is 13.3. The molecule has 0 radical (unpaired) electrons. The average Bonchev–Trinajstić information content (AvgIpc) is 2.78. The summed E-state index contributed by atoms with van der Waals surface area (Å²) in [5.74, 6) is 1.79. The van der Waals surface area contributed by atoms with Gasteiger partial charge in [0, 0.05) is 5.69 Å². The monoisotopic (exact) mass is 500 g/mol. The van der Waals surface area contributed by atoms with E-state index < -0.39 is 28.8 Å². The lowest BCUT2D eigenvalue weighted by molar-refractivity contribution is -0.138. The quantitative estimate of drug-likeness (QED) is 0.215. The molecule has 0 bridgehead atoms. The van der Waals surface area contributed by atoms with E-state index >= 15 is 0 Å². The molecule has 1 aromatic rings. The van der Waals surface area contributed by atoms with Crippen LogP contribution in [0, 0.1) is 11.3 Å². The van der Waals surface area contributed by atoms with E-state index in [9.17, 15) is 23.1 Å². The third-order valence-corrected chi connectivity index (χ3v) is 6.94. The summed E-state index contributed by atoms with van der Waals surface area (Å²) in [6.07, 6.45) is 8.13. The van der Waals surface area contributed by atoms with Gasteiger partial charge in [-0.25, -0.2) is 0 Å². The van der Waals surface area contributed by atoms with Crippen molar-refractivity contribution in [2.24, 2.45) is 0 Å². The molecule has 0 aromatic heterocycles. The molecule has 0 heterocycles. The minimum absolute atomic E-state index is 0.101. The highest BCUT2D eigenvalue weighted by Crippen LogP contribution is 2.33. The Hall–Kier alpha value is -1.72. The van der Waals surface area contributed by atoms with E-state index in [1.807, 2.05) is 0 Å². The molecule has 0 saturated heterocycles. The Morgan fingerprint density at radius 3 is 2.12 bits per heavy atom. The number of thioether (sulfide) groups is 1. The first-order valence-electron chi connectivity index (χ1n) is 12.3.